The van der Waals surface area contributed by atoms with E-state index in [1.54, 1.807) is 18.2 Å². The molecule has 0 aliphatic carbocycles. The van der Waals surface area contributed by atoms with Crippen LogP contribution in [0.2, 0.25) is 0 Å². The Hall–Kier alpha value is -3.82. The number of H-pyrrole nitrogens is 2. The molecule has 0 fully saturated rings. The number of hydrogen-bond acceptors (Lipinski definition) is 6. The number of hydrogen-bond donors (Lipinski definition) is 3. The van der Waals surface area contributed by atoms with Gasteiger partial charge in [0, 0.05) is 30.7 Å². The molecule has 0 saturated heterocycles. The van der Waals surface area contributed by atoms with Crippen molar-refractivity contribution in [2.75, 3.05) is 0 Å². The van der Waals surface area contributed by atoms with E-state index in [9.17, 15) is 14.0 Å². The van der Waals surface area contributed by atoms with Crippen molar-refractivity contribution >= 4 is 17.1 Å². The number of benzene rings is 1. The minimum Gasteiger partial charge on any atom is -0.344 e. The number of imidazole rings is 1. The van der Waals surface area contributed by atoms with Crippen molar-refractivity contribution in [3.8, 4) is 11.1 Å². The number of carbonyl (C=O) groups excluding carboxylic acids is 1. The normalized spacial score (nSPS) is 11.7. The molecule has 0 atom stereocenters. The largest absolute Gasteiger partial charge is 0.344 e. The fourth-order valence-corrected chi connectivity index (χ4v) is 2.91. The van der Waals surface area contributed by atoms with Crippen molar-refractivity contribution in [3.05, 3.63) is 64.0 Å². The number of halogens is 1. The van der Waals surface area contributed by atoms with E-state index in [1.807, 2.05) is 20.8 Å². The molecule has 0 saturated carbocycles. The molecule has 9 nitrogen and oxygen atoms in total. The SMILES string of the molecule is CC(C)(C)c1noc(C(=O)NCc2ccc(-c3ccnc4[nH]c(=O)[nH]c34)cc2F)n1.[HH]. The summed E-state index contributed by atoms with van der Waals surface area (Å²) in [4.78, 5) is 37.1. The third kappa shape index (κ3) is 3.71. The molecule has 1 aromatic carbocycles. The molecule has 3 aromatic heterocycles. The number of nitrogens with zero attached hydrogens (tertiary/aromatic N) is 3. The molecule has 3 heterocycles. The summed E-state index contributed by atoms with van der Waals surface area (Å²) in [6.07, 6.45) is 1.53. The molecule has 0 aliphatic rings. The minimum atomic E-state index is -0.581. The van der Waals surface area contributed by atoms with Crippen LogP contribution < -0.4 is 11.0 Å². The smallest absolute Gasteiger partial charge is 0.325 e. The summed E-state index contributed by atoms with van der Waals surface area (Å²) in [6.45, 7) is 5.65. The predicted molar refractivity (Wildman–Crippen MR) is 108 cm³/mol. The Balaban J connectivity index is 0.00000272. The van der Waals surface area contributed by atoms with Gasteiger partial charge in [0.15, 0.2) is 11.5 Å². The number of carbonyl (C=O) groups is 1. The maximum atomic E-state index is 14.7. The molecule has 0 unspecified atom stereocenters. The molecule has 0 radical (unpaired) electrons. The van der Waals surface area contributed by atoms with Crippen LogP contribution in [0.25, 0.3) is 22.3 Å². The van der Waals surface area contributed by atoms with E-state index < -0.39 is 11.7 Å². The molecular formula is C20H21FN6O3. The summed E-state index contributed by atoms with van der Waals surface area (Å²) < 4.78 is 19.6. The van der Waals surface area contributed by atoms with Gasteiger partial charge in [-0.2, -0.15) is 4.98 Å². The zero-order valence-corrected chi connectivity index (χ0v) is 16.5. The maximum Gasteiger partial charge on any atom is 0.325 e. The summed E-state index contributed by atoms with van der Waals surface area (Å²) >= 11 is 0. The molecule has 0 aliphatic heterocycles. The van der Waals surface area contributed by atoms with Crippen LogP contribution >= 0.6 is 0 Å². The van der Waals surface area contributed by atoms with Gasteiger partial charge in [-0.15, -0.1) is 0 Å². The van der Waals surface area contributed by atoms with Crippen molar-refractivity contribution in [2.45, 2.75) is 32.7 Å². The van der Waals surface area contributed by atoms with Crippen molar-refractivity contribution in [1.82, 2.24) is 30.4 Å². The highest BCUT2D eigenvalue weighted by Crippen LogP contribution is 2.26. The average Bonchev–Trinajstić information content (AvgIpc) is 3.32. The first-order chi connectivity index (χ1) is 14.2. The van der Waals surface area contributed by atoms with Gasteiger partial charge in [-0.3, -0.25) is 9.78 Å². The van der Waals surface area contributed by atoms with Gasteiger partial charge in [0.1, 0.15) is 5.82 Å². The number of nitrogens with one attached hydrogen (secondary N) is 3. The lowest BCUT2D eigenvalue weighted by Gasteiger charge is -2.10. The first kappa shape index (κ1) is 19.5. The molecule has 1 amide bonds. The second kappa shape index (κ2) is 7.21. The Kier molecular flexibility index (Phi) is 4.69. The monoisotopic (exact) mass is 412 g/mol. The van der Waals surface area contributed by atoms with Crippen LogP contribution in [0.5, 0.6) is 0 Å². The second-order valence-corrected chi connectivity index (χ2v) is 7.82. The van der Waals surface area contributed by atoms with Gasteiger partial charge < -0.3 is 14.8 Å². The third-order valence-electron chi connectivity index (χ3n) is 4.52. The molecule has 156 valence electrons. The number of aromatic amines is 2. The Morgan fingerprint density at radius 1 is 1.27 bits per heavy atom. The van der Waals surface area contributed by atoms with Gasteiger partial charge in [-0.05, 0) is 17.7 Å². The van der Waals surface area contributed by atoms with Crippen LogP contribution in [0.15, 0.2) is 39.8 Å². The van der Waals surface area contributed by atoms with E-state index in [2.05, 4.69) is 30.4 Å². The zero-order valence-electron chi connectivity index (χ0n) is 16.5. The van der Waals surface area contributed by atoms with Crippen LogP contribution in [0.4, 0.5) is 4.39 Å². The summed E-state index contributed by atoms with van der Waals surface area (Å²) in [5.41, 5.74) is 1.63. The van der Waals surface area contributed by atoms with Gasteiger partial charge in [0.2, 0.25) is 0 Å². The zero-order chi connectivity index (χ0) is 21.5. The average molecular weight is 412 g/mol. The molecule has 30 heavy (non-hydrogen) atoms. The van der Waals surface area contributed by atoms with Crippen LogP contribution in [0, 0.1) is 5.82 Å². The standard InChI is InChI=1S/C20H19FN6O3.H2/c1-20(2,3)18-26-17(30-27-18)16(28)23-9-11-5-4-10(8-13(11)21)12-6-7-22-15-14(12)24-19(29)25-15;/h4-8H,9H2,1-3H3,(H,23,28)(H2,22,24,25,29);1H. The van der Waals surface area contributed by atoms with E-state index in [4.69, 9.17) is 4.52 Å². The highest BCUT2D eigenvalue weighted by molar-refractivity contribution is 5.90. The highest BCUT2D eigenvalue weighted by atomic mass is 19.1. The lowest BCUT2D eigenvalue weighted by atomic mass is 9.96. The van der Waals surface area contributed by atoms with E-state index in [-0.39, 0.29) is 30.5 Å². The summed E-state index contributed by atoms with van der Waals surface area (Å²) in [6, 6.07) is 6.29. The lowest BCUT2D eigenvalue weighted by molar-refractivity contribution is 0.0906. The van der Waals surface area contributed by atoms with Gasteiger partial charge in [-0.1, -0.05) is 38.1 Å². The van der Waals surface area contributed by atoms with Crippen molar-refractivity contribution in [1.29, 1.82) is 0 Å². The number of rotatable bonds is 4. The molecule has 4 rings (SSSR count). The highest BCUT2D eigenvalue weighted by Gasteiger charge is 2.23. The lowest BCUT2D eigenvalue weighted by Crippen LogP contribution is -2.24. The fraction of sp³-hybridized carbons (Fsp3) is 0.250. The van der Waals surface area contributed by atoms with Gasteiger partial charge >= 0.3 is 17.5 Å². The van der Waals surface area contributed by atoms with Crippen molar-refractivity contribution in [3.63, 3.8) is 0 Å². The minimum absolute atomic E-state index is 0. The second-order valence-electron chi connectivity index (χ2n) is 7.82. The predicted octanol–water partition coefficient (Wildman–Crippen LogP) is 2.91. The Labute approximate surface area is 171 Å². The van der Waals surface area contributed by atoms with Gasteiger partial charge in [-0.25, -0.2) is 14.2 Å². The Morgan fingerprint density at radius 2 is 2.07 bits per heavy atom. The first-order valence-electron chi connectivity index (χ1n) is 9.20. The molecule has 3 N–H and O–H groups in total. The van der Waals surface area contributed by atoms with Crippen molar-refractivity contribution in [2.24, 2.45) is 0 Å². The molecule has 4 aromatic rings. The number of fused-ring (bicyclic) bond motifs is 1. The van der Waals surface area contributed by atoms with Crippen LogP contribution in [0.1, 0.15) is 44.3 Å². The van der Waals surface area contributed by atoms with E-state index >= 15 is 0 Å². The van der Waals surface area contributed by atoms with E-state index in [0.717, 1.165) is 0 Å². The summed E-state index contributed by atoms with van der Waals surface area (Å²) in [7, 11) is 0. The summed E-state index contributed by atoms with van der Waals surface area (Å²) in [5.74, 6) is -0.846. The molecule has 0 spiro atoms. The fourth-order valence-electron chi connectivity index (χ4n) is 2.91. The van der Waals surface area contributed by atoms with Crippen LogP contribution in [0.3, 0.4) is 0 Å². The topological polar surface area (TPSA) is 130 Å². The first-order valence-corrected chi connectivity index (χ1v) is 9.20. The van der Waals surface area contributed by atoms with Crippen LogP contribution in [-0.2, 0) is 12.0 Å². The molecular weight excluding hydrogens is 391 g/mol. The van der Waals surface area contributed by atoms with Gasteiger partial charge in [0.05, 0.1) is 5.52 Å². The van der Waals surface area contributed by atoms with E-state index in [0.29, 0.717) is 28.1 Å². The summed E-state index contributed by atoms with van der Waals surface area (Å²) in [5, 5.41) is 6.37. The quantitative estimate of drug-likeness (QED) is 0.473. The molecule has 0 bridgehead atoms. The van der Waals surface area contributed by atoms with Crippen molar-refractivity contribution < 1.29 is 15.1 Å². The number of pyridine rings is 1. The van der Waals surface area contributed by atoms with Gasteiger partial charge in [0.25, 0.3) is 0 Å². The third-order valence-corrected chi connectivity index (χ3v) is 4.52. The number of aromatic nitrogens is 5. The molecule has 10 heteroatoms. The van der Waals surface area contributed by atoms with E-state index in [1.165, 1.54) is 12.3 Å². The van der Waals surface area contributed by atoms with Crippen LogP contribution in [-0.4, -0.2) is 31.0 Å². The maximum absolute atomic E-state index is 14.7. The Bertz CT molecular complexity index is 1300. The number of amides is 1. The Morgan fingerprint density at radius 3 is 2.77 bits per heavy atom.